The lowest BCUT2D eigenvalue weighted by Crippen LogP contribution is -2.28. The number of nitrogens with one attached hydrogen (secondary N) is 1. The second kappa shape index (κ2) is 8.83. The van der Waals surface area contributed by atoms with Crippen molar-refractivity contribution in [2.24, 2.45) is 0 Å². The Bertz CT molecular complexity index is 898. The van der Waals surface area contributed by atoms with E-state index in [1.807, 2.05) is 0 Å². The largest absolute Gasteiger partial charge is 0.494 e. The SMILES string of the molecule is COc1ccc(C(=O)NCCOc2ccc(S(=O)(=O)N(C)C)cc2)cc1F. The average molecular weight is 396 g/mol. The first kappa shape index (κ1) is 20.7. The molecule has 0 unspecified atom stereocenters. The van der Waals surface area contributed by atoms with Gasteiger partial charge in [-0.15, -0.1) is 0 Å². The summed E-state index contributed by atoms with van der Waals surface area (Å²) in [6.45, 7) is 0.369. The summed E-state index contributed by atoms with van der Waals surface area (Å²) in [4.78, 5) is 12.1. The standard InChI is InChI=1S/C18H21FN2O5S/c1-21(2)27(23,24)15-7-5-14(6-8-15)26-11-10-20-18(22)13-4-9-17(25-3)16(19)12-13/h4-9,12H,10-11H2,1-3H3,(H,20,22). The quantitative estimate of drug-likeness (QED) is 0.689. The maximum Gasteiger partial charge on any atom is 0.251 e. The zero-order valence-corrected chi connectivity index (χ0v) is 16.0. The molecule has 0 aromatic heterocycles. The molecule has 0 bridgehead atoms. The molecule has 2 rings (SSSR count). The number of carbonyl (C=O) groups is 1. The first-order chi connectivity index (χ1) is 12.8. The van der Waals surface area contributed by atoms with E-state index < -0.39 is 21.7 Å². The Balaban J connectivity index is 1.84. The van der Waals surface area contributed by atoms with Gasteiger partial charge in [0.15, 0.2) is 11.6 Å². The van der Waals surface area contributed by atoms with E-state index in [-0.39, 0.29) is 29.4 Å². The van der Waals surface area contributed by atoms with E-state index in [1.54, 1.807) is 0 Å². The Kier molecular flexibility index (Phi) is 6.75. The van der Waals surface area contributed by atoms with Gasteiger partial charge in [0.25, 0.3) is 5.91 Å². The van der Waals surface area contributed by atoms with E-state index in [0.717, 1.165) is 10.4 Å². The number of amides is 1. The zero-order chi connectivity index (χ0) is 20.0. The molecule has 0 atom stereocenters. The summed E-state index contributed by atoms with van der Waals surface area (Å²) in [7, 11) is 0.768. The van der Waals surface area contributed by atoms with Gasteiger partial charge in [-0.1, -0.05) is 0 Å². The Morgan fingerprint density at radius 1 is 1.15 bits per heavy atom. The van der Waals surface area contributed by atoms with Crippen LogP contribution >= 0.6 is 0 Å². The molecular formula is C18H21FN2O5S. The lowest BCUT2D eigenvalue weighted by molar-refractivity contribution is 0.0946. The normalized spacial score (nSPS) is 11.3. The molecular weight excluding hydrogens is 375 g/mol. The van der Waals surface area contributed by atoms with Crippen LogP contribution in [0.5, 0.6) is 11.5 Å². The van der Waals surface area contributed by atoms with E-state index in [0.29, 0.717) is 5.75 Å². The highest BCUT2D eigenvalue weighted by Crippen LogP contribution is 2.18. The van der Waals surface area contributed by atoms with Crippen LogP contribution < -0.4 is 14.8 Å². The molecule has 0 saturated carbocycles. The summed E-state index contributed by atoms with van der Waals surface area (Å²) >= 11 is 0. The predicted octanol–water partition coefficient (Wildman–Crippen LogP) is 1.89. The van der Waals surface area contributed by atoms with Crippen molar-refractivity contribution in [3.63, 3.8) is 0 Å². The summed E-state index contributed by atoms with van der Waals surface area (Å²) < 4.78 is 49.0. The fourth-order valence-corrected chi connectivity index (χ4v) is 3.06. The van der Waals surface area contributed by atoms with Crippen LogP contribution in [-0.4, -0.2) is 53.0 Å². The summed E-state index contributed by atoms with van der Waals surface area (Å²) in [6.07, 6.45) is 0. The van der Waals surface area contributed by atoms with Crippen molar-refractivity contribution in [2.75, 3.05) is 34.4 Å². The number of sulfonamides is 1. The van der Waals surface area contributed by atoms with Gasteiger partial charge in [-0.05, 0) is 42.5 Å². The summed E-state index contributed by atoms with van der Waals surface area (Å²) in [5.41, 5.74) is 0.173. The number of hydrogen-bond acceptors (Lipinski definition) is 5. The Hall–Kier alpha value is -2.65. The van der Waals surface area contributed by atoms with Gasteiger partial charge in [-0.2, -0.15) is 0 Å². The molecule has 0 aliphatic carbocycles. The highest BCUT2D eigenvalue weighted by molar-refractivity contribution is 7.89. The van der Waals surface area contributed by atoms with Gasteiger partial charge in [0.05, 0.1) is 18.6 Å². The molecule has 0 radical (unpaired) electrons. The van der Waals surface area contributed by atoms with E-state index in [4.69, 9.17) is 9.47 Å². The van der Waals surface area contributed by atoms with Crippen LogP contribution in [0, 0.1) is 5.82 Å². The lowest BCUT2D eigenvalue weighted by atomic mass is 10.2. The van der Waals surface area contributed by atoms with Gasteiger partial charge in [-0.3, -0.25) is 4.79 Å². The zero-order valence-electron chi connectivity index (χ0n) is 15.2. The highest BCUT2D eigenvalue weighted by atomic mass is 32.2. The molecule has 1 amide bonds. The number of benzene rings is 2. The molecule has 27 heavy (non-hydrogen) atoms. The second-order valence-corrected chi connectivity index (χ2v) is 7.86. The van der Waals surface area contributed by atoms with E-state index in [1.165, 1.54) is 57.6 Å². The number of halogens is 1. The summed E-state index contributed by atoms with van der Waals surface area (Å²) in [5.74, 6) is -0.520. The van der Waals surface area contributed by atoms with Crippen LogP contribution in [-0.2, 0) is 10.0 Å². The van der Waals surface area contributed by atoms with Crippen LogP contribution in [0.1, 0.15) is 10.4 Å². The van der Waals surface area contributed by atoms with Gasteiger partial charge in [0.1, 0.15) is 12.4 Å². The van der Waals surface area contributed by atoms with Crippen LogP contribution in [0.15, 0.2) is 47.4 Å². The van der Waals surface area contributed by atoms with Crippen LogP contribution in [0.4, 0.5) is 4.39 Å². The van der Waals surface area contributed by atoms with Crippen molar-refractivity contribution < 1.29 is 27.1 Å². The van der Waals surface area contributed by atoms with E-state index in [2.05, 4.69) is 5.32 Å². The third kappa shape index (κ3) is 5.18. The number of carbonyl (C=O) groups excluding carboxylic acids is 1. The number of rotatable bonds is 8. The number of ether oxygens (including phenoxy) is 2. The molecule has 2 aromatic carbocycles. The van der Waals surface area contributed by atoms with Crippen molar-refractivity contribution in [1.82, 2.24) is 9.62 Å². The number of hydrogen-bond donors (Lipinski definition) is 1. The lowest BCUT2D eigenvalue weighted by Gasteiger charge is -2.12. The minimum Gasteiger partial charge on any atom is -0.494 e. The molecule has 0 aliphatic rings. The van der Waals surface area contributed by atoms with Crippen LogP contribution in [0.25, 0.3) is 0 Å². The first-order valence-corrected chi connectivity index (χ1v) is 9.47. The van der Waals surface area contributed by atoms with Crippen molar-refractivity contribution >= 4 is 15.9 Å². The molecule has 1 N–H and O–H groups in total. The van der Waals surface area contributed by atoms with Crippen molar-refractivity contribution in [3.05, 3.63) is 53.8 Å². The Morgan fingerprint density at radius 3 is 2.37 bits per heavy atom. The average Bonchev–Trinajstić information content (AvgIpc) is 2.65. The van der Waals surface area contributed by atoms with Crippen molar-refractivity contribution in [3.8, 4) is 11.5 Å². The predicted molar refractivity (Wildman–Crippen MR) is 98.1 cm³/mol. The molecule has 0 heterocycles. The number of methoxy groups -OCH3 is 1. The monoisotopic (exact) mass is 396 g/mol. The molecule has 2 aromatic rings. The smallest absolute Gasteiger partial charge is 0.251 e. The Labute approximate surface area is 157 Å². The van der Waals surface area contributed by atoms with Gasteiger partial charge in [0, 0.05) is 19.7 Å². The fourth-order valence-electron chi connectivity index (χ4n) is 2.16. The number of nitrogens with zero attached hydrogens (tertiary/aromatic N) is 1. The molecule has 7 nitrogen and oxygen atoms in total. The van der Waals surface area contributed by atoms with Crippen molar-refractivity contribution in [2.45, 2.75) is 4.90 Å². The molecule has 9 heteroatoms. The Morgan fingerprint density at radius 2 is 1.81 bits per heavy atom. The molecule has 0 aliphatic heterocycles. The molecule has 0 saturated heterocycles. The molecule has 0 spiro atoms. The first-order valence-electron chi connectivity index (χ1n) is 8.03. The second-order valence-electron chi connectivity index (χ2n) is 5.71. The summed E-state index contributed by atoms with van der Waals surface area (Å²) in [5, 5.41) is 2.61. The third-order valence-corrected chi connectivity index (χ3v) is 5.50. The summed E-state index contributed by atoms with van der Waals surface area (Å²) in [6, 6.07) is 9.91. The van der Waals surface area contributed by atoms with Gasteiger partial charge >= 0.3 is 0 Å². The maximum absolute atomic E-state index is 13.6. The minimum atomic E-state index is -3.49. The van der Waals surface area contributed by atoms with Gasteiger partial charge < -0.3 is 14.8 Å². The minimum absolute atomic E-state index is 0.0645. The maximum atomic E-state index is 13.6. The van der Waals surface area contributed by atoms with Gasteiger partial charge in [0.2, 0.25) is 10.0 Å². The topological polar surface area (TPSA) is 84.9 Å². The highest BCUT2D eigenvalue weighted by Gasteiger charge is 2.16. The molecule has 146 valence electrons. The van der Waals surface area contributed by atoms with E-state index >= 15 is 0 Å². The van der Waals surface area contributed by atoms with E-state index in [9.17, 15) is 17.6 Å². The fraction of sp³-hybridized carbons (Fsp3) is 0.278. The van der Waals surface area contributed by atoms with Crippen LogP contribution in [0.3, 0.4) is 0 Å². The van der Waals surface area contributed by atoms with Crippen LogP contribution in [0.2, 0.25) is 0 Å². The van der Waals surface area contributed by atoms with Gasteiger partial charge in [-0.25, -0.2) is 17.1 Å². The third-order valence-electron chi connectivity index (χ3n) is 3.67. The van der Waals surface area contributed by atoms with Crippen molar-refractivity contribution in [1.29, 1.82) is 0 Å². The molecule has 0 fully saturated rings.